The molecule has 0 aliphatic carbocycles. The molecule has 0 fully saturated rings. The summed E-state index contributed by atoms with van der Waals surface area (Å²) in [6.45, 7) is 3.16. The zero-order chi connectivity index (χ0) is 19.1. The van der Waals surface area contributed by atoms with E-state index in [2.05, 4.69) is 25.7 Å². The lowest BCUT2D eigenvalue weighted by Gasteiger charge is -2.15. The Morgan fingerprint density at radius 1 is 1.04 bits per heavy atom. The molecular formula is C20H24N6O. The number of rotatable bonds is 6. The predicted molar refractivity (Wildman–Crippen MR) is 106 cm³/mol. The third-order valence-corrected chi connectivity index (χ3v) is 4.18. The molecule has 1 heterocycles. The number of aliphatic imine (C=N–C) groups is 1. The maximum absolute atomic E-state index is 6.12. The van der Waals surface area contributed by atoms with Gasteiger partial charge in [-0.1, -0.05) is 36.4 Å². The molecule has 3 aromatic rings. The van der Waals surface area contributed by atoms with Crippen LogP contribution in [0.3, 0.4) is 0 Å². The fourth-order valence-corrected chi connectivity index (χ4v) is 2.58. The predicted octanol–water partition coefficient (Wildman–Crippen LogP) is 2.78. The van der Waals surface area contributed by atoms with E-state index in [0.717, 1.165) is 28.5 Å². The number of aryl methyl sites for hydroxylation is 2. The van der Waals surface area contributed by atoms with Crippen molar-refractivity contribution in [2.24, 2.45) is 12.0 Å². The molecule has 0 amide bonds. The highest BCUT2D eigenvalue weighted by Gasteiger charge is 2.08. The summed E-state index contributed by atoms with van der Waals surface area (Å²) in [7, 11) is 3.60. The molecule has 0 bridgehead atoms. The average molecular weight is 364 g/mol. The number of nitrogens with one attached hydrogen (secondary N) is 2. The van der Waals surface area contributed by atoms with E-state index in [-0.39, 0.29) is 0 Å². The highest BCUT2D eigenvalue weighted by Crippen LogP contribution is 2.27. The molecule has 0 saturated heterocycles. The third-order valence-electron chi connectivity index (χ3n) is 4.18. The summed E-state index contributed by atoms with van der Waals surface area (Å²) in [6, 6.07) is 16.0. The van der Waals surface area contributed by atoms with Crippen LogP contribution in [-0.4, -0.2) is 27.8 Å². The molecule has 140 valence electrons. The van der Waals surface area contributed by atoms with Crippen molar-refractivity contribution in [1.29, 1.82) is 0 Å². The molecule has 2 N–H and O–H groups in total. The van der Waals surface area contributed by atoms with Crippen LogP contribution in [0.15, 0.2) is 59.9 Å². The van der Waals surface area contributed by atoms with E-state index in [4.69, 9.17) is 4.74 Å². The summed E-state index contributed by atoms with van der Waals surface area (Å²) in [5.74, 6) is 3.20. The number of aromatic nitrogens is 3. The Morgan fingerprint density at radius 2 is 1.74 bits per heavy atom. The summed E-state index contributed by atoms with van der Waals surface area (Å²) in [5, 5.41) is 10.6. The van der Waals surface area contributed by atoms with Crippen LogP contribution >= 0.6 is 0 Å². The van der Waals surface area contributed by atoms with Gasteiger partial charge in [0.2, 0.25) is 0 Å². The smallest absolute Gasteiger partial charge is 0.191 e. The monoisotopic (exact) mass is 364 g/mol. The average Bonchev–Trinajstić information content (AvgIpc) is 3.10. The van der Waals surface area contributed by atoms with Gasteiger partial charge in [0.05, 0.1) is 6.54 Å². The standard InChI is InChI=1S/C20H24N6O/c1-15-8-4-6-10-17(15)27-18-11-7-5-9-16(18)12-22-20(21-2)23-13-19-24-14-25-26(19)3/h4-11,14H,12-13H2,1-3H3,(H2,21,22,23). The van der Waals surface area contributed by atoms with Crippen molar-refractivity contribution < 1.29 is 4.74 Å². The van der Waals surface area contributed by atoms with Crippen LogP contribution in [0.4, 0.5) is 0 Å². The molecule has 0 atom stereocenters. The van der Waals surface area contributed by atoms with Gasteiger partial charge in [0.1, 0.15) is 23.7 Å². The second-order valence-corrected chi connectivity index (χ2v) is 6.05. The molecule has 0 aliphatic heterocycles. The van der Waals surface area contributed by atoms with Gasteiger partial charge in [-0.05, 0) is 24.6 Å². The largest absolute Gasteiger partial charge is 0.457 e. The van der Waals surface area contributed by atoms with E-state index in [1.54, 1.807) is 11.7 Å². The zero-order valence-corrected chi connectivity index (χ0v) is 15.8. The van der Waals surface area contributed by atoms with Crippen molar-refractivity contribution in [3.8, 4) is 11.5 Å². The number of benzene rings is 2. The molecule has 0 unspecified atom stereocenters. The Bertz CT molecular complexity index is 918. The first-order chi connectivity index (χ1) is 13.2. The second kappa shape index (κ2) is 8.84. The molecule has 0 saturated carbocycles. The SMILES string of the molecule is CN=C(NCc1ccccc1Oc1ccccc1C)NCc1ncnn1C. The highest BCUT2D eigenvalue weighted by molar-refractivity contribution is 5.79. The van der Waals surface area contributed by atoms with E-state index in [1.165, 1.54) is 6.33 Å². The Morgan fingerprint density at radius 3 is 2.44 bits per heavy atom. The van der Waals surface area contributed by atoms with Crippen molar-refractivity contribution in [3.63, 3.8) is 0 Å². The molecule has 2 aromatic carbocycles. The minimum Gasteiger partial charge on any atom is -0.457 e. The van der Waals surface area contributed by atoms with Crippen molar-refractivity contribution in [2.75, 3.05) is 7.05 Å². The van der Waals surface area contributed by atoms with E-state index in [0.29, 0.717) is 19.0 Å². The zero-order valence-electron chi connectivity index (χ0n) is 15.8. The Hall–Kier alpha value is -3.35. The summed E-state index contributed by atoms with van der Waals surface area (Å²) in [4.78, 5) is 8.45. The van der Waals surface area contributed by atoms with Crippen molar-refractivity contribution >= 4 is 5.96 Å². The van der Waals surface area contributed by atoms with E-state index in [1.807, 2.05) is 62.5 Å². The van der Waals surface area contributed by atoms with Crippen LogP contribution in [0.25, 0.3) is 0 Å². The van der Waals surface area contributed by atoms with Gasteiger partial charge in [-0.25, -0.2) is 4.98 Å². The second-order valence-electron chi connectivity index (χ2n) is 6.05. The highest BCUT2D eigenvalue weighted by atomic mass is 16.5. The summed E-state index contributed by atoms with van der Waals surface area (Å²) in [5.41, 5.74) is 2.14. The first kappa shape index (κ1) is 18.4. The maximum Gasteiger partial charge on any atom is 0.191 e. The molecule has 0 spiro atoms. The maximum atomic E-state index is 6.12. The van der Waals surface area contributed by atoms with E-state index >= 15 is 0 Å². The fraction of sp³-hybridized carbons (Fsp3) is 0.250. The summed E-state index contributed by atoms with van der Waals surface area (Å²) >= 11 is 0. The van der Waals surface area contributed by atoms with E-state index < -0.39 is 0 Å². The van der Waals surface area contributed by atoms with Crippen LogP contribution in [0.5, 0.6) is 11.5 Å². The van der Waals surface area contributed by atoms with E-state index in [9.17, 15) is 0 Å². The van der Waals surface area contributed by atoms with Crippen molar-refractivity contribution in [2.45, 2.75) is 20.0 Å². The van der Waals surface area contributed by atoms with Gasteiger partial charge in [0.25, 0.3) is 0 Å². The van der Waals surface area contributed by atoms with Gasteiger partial charge in [0.15, 0.2) is 5.96 Å². The first-order valence-electron chi connectivity index (χ1n) is 8.76. The van der Waals surface area contributed by atoms with Crippen molar-refractivity contribution in [3.05, 3.63) is 71.8 Å². The molecule has 7 heteroatoms. The van der Waals surface area contributed by atoms with Crippen LogP contribution in [0.1, 0.15) is 17.0 Å². The van der Waals surface area contributed by atoms with Gasteiger partial charge >= 0.3 is 0 Å². The summed E-state index contributed by atoms with van der Waals surface area (Å²) < 4.78 is 7.85. The molecule has 0 radical (unpaired) electrons. The quantitative estimate of drug-likeness (QED) is 0.520. The van der Waals surface area contributed by atoms with Gasteiger partial charge < -0.3 is 15.4 Å². The summed E-state index contributed by atoms with van der Waals surface area (Å²) in [6.07, 6.45) is 1.53. The third kappa shape index (κ3) is 4.84. The molecule has 7 nitrogen and oxygen atoms in total. The Kier molecular flexibility index (Phi) is 6.04. The number of hydrogen-bond donors (Lipinski definition) is 2. The normalized spacial score (nSPS) is 11.3. The number of ether oxygens (including phenoxy) is 1. The van der Waals surface area contributed by atoms with Crippen LogP contribution < -0.4 is 15.4 Å². The van der Waals surface area contributed by atoms with Crippen molar-refractivity contribution in [1.82, 2.24) is 25.4 Å². The topological polar surface area (TPSA) is 76.4 Å². The first-order valence-corrected chi connectivity index (χ1v) is 8.76. The van der Waals surface area contributed by atoms with Gasteiger partial charge in [-0.2, -0.15) is 5.10 Å². The lowest BCUT2D eigenvalue weighted by molar-refractivity contribution is 0.471. The molecule has 27 heavy (non-hydrogen) atoms. The van der Waals surface area contributed by atoms with Crippen LogP contribution in [-0.2, 0) is 20.1 Å². The number of para-hydroxylation sites is 2. The fourth-order valence-electron chi connectivity index (χ4n) is 2.58. The number of nitrogens with zero attached hydrogens (tertiary/aromatic N) is 4. The van der Waals surface area contributed by atoms with Gasteiger partial charge in [-0.3, -0.25) is 9.67 Å². The molecule has 3 rings (SSSR count). The lowest BCUT2D eigenvalue weighted by Crippen LogP contribution is -2.37. The van der Waals surface area contributed by atoms with Gasteiger partial charge in [0, 0.05) is 26.2 Å². The minimum absolute atomic E-state index is 0.539. The van der Waals surface area contributed by atoms with Gasteiger partial charge in [-0.15, -0.1) is 0 Å². The van der Waals surface area contributed by atoms with Crippen LogP contribution in [0.2, 0.25) is 0 Å². The molecule has 0 aliphatic rings. The molecular weight excluding hydrogens is 340 g/mol. The Labute approximate surface area is 159 Å². The van der Waals surface area contributed by atoms with Crippen LogP contribution in [0, 0.1) is 6.92 Å². The molecule has 1 aromatic heterocycles. The number of hydrogen-bond acceptors (Lipinski definition) is 4. The minimum atomic E-state index is 0.539. The lowest BCUT2D eigenvalue weighted by atomic mass is 10.2. The Balaban J connectivity index is 1.63. The number of guanidine groups is 1.